The maximum Gasteiger partial charge on any atom is 0.204 e. The summed E-state index contributed by atoms with van der Waals surface area (Å²) in [7, 11) is 2.00. The summed E-state index contributed by atoms with van der Waals surface area (Å²) in [5, 5.41) is 5.80. The maximum absolute atomic E-state index is 5.38. The summed E-state index contributed by atoms with van der Waals surface area (Å²) >= 11 is 9.12. The first-order valence-electron chi connectivity index (χ1n) is 9.94. The summed E-state index contributed by atoms with van der Waals surface area (Å²) in [6.45, 7) is 4.44. The Balaban J connectivity index is 1.81. The number of nitrogens with zero attached hydrogens (tertiary/aromatic N) is 3. The van der Waals surface area contributed by atoms with Gasteiger partial charge in [0.25, 0.3) is 0 Å². The van der Waals surface area contributed by atoms with Crippen molar-refractivity contribution in [1.29, 1.82) is 0 Å². The van der Waals surface area contributed by atoms with Crippen LogP contribution in [0.1, 0.15) is 37.3 Å². The van der Waals surface area contributed by atoms with Gasteiger partial charge in [-0.2, -0.15) is 5.10 Å². The molecule has 3 atom stereocenters. The highest BCUT2D eigenvalue weighted by molar-refractivity contribution is 9.10. The molecule has 1 aliphatic carbocycles. The molecule has 0 saturated heterocycles. The van der Waals surface area contributed by atoms with Crippen molar-refractivity contribution in [2.24, 2.45) is 18.0 Å². The highest BCUT2D eigenvalue weighted by Crippen LogP contribution is 2.45. The highest BCUT2D eigenvalue weighted by atomic mass is 79.9. The van der Waals surface area contributed by atoms with Crippen LogP contribution in [-0.4, -0.2) is 14.6 Å². The largest absolute Gasteiger partial charge is 0.246 e. The lowest BCUT2D eigenvalue weighted by molar-refractivity contribution is 0.245. The van der Waals surface area contributed by atoms with Crippen molar-refractivity contribution < 1.29 is 0 Å². The van der Waals surface area contributed by atoms with Gasteiger partial charge in [-0.3, -0.25) is 0 Å². The molecule has 3 nitrogen and oxygen atoms in total. The number of aromatic nitrogens is 2. The lowest BCUT2D eigenvalue weighted by Gasteiger charge is -2.39. The summed E-state index contributed by atoms with van der Waals surface area (Å²) in [6, 6.07) is 17.2. The monoisotopic (exact) mass is 533 g/mol. The summed E-state index contributed by atoms with van der Waals surface area (Å²) in [5.74, 6) is 0.569. The van der Waals surface area contributed by atoms with Crippen LogP contribution in [0.5, 0.6) is 0 Å². The van der Waals surface area contributed by atoms with Gasteiger partial charge in [-0.05, 0) is 55.4 Å². The summed E-state index contributed by atoms with van der Waals surface area (Å²) in [6.07, 6.45) is 3.21. The van der Waals surface area contributed by atoms with Gasteiger partial charge in [0.15, 0.2) is 0 Å². The van der Waals surface area contributed by atoms with Gasteiger partial charge in [-0.1, -0.05) is 86.5 Å². The lowest BCUT2D eigenvalue weighted by Crippen LogP contribution is -2.37. The number of halogens is 2. The minimum absolute atomic E-state index is 0.192. The molecule has 152 valence electrons. The zero-order valence-corrected chi connectivity index (χ0v) is 20.9. The Morgan fingerprint density at radius 1 is 1.21 bits per heavy atom. The fourth-order valence-electron chi connectivity index (χ4n) is 4.13. The second kappa shape index (κ2) is 8.48. The standard InChI is InChI=1S/C23H25Br2N3S/c1-15-13-17(9-10-19(15)24)21-27-28(3)22(29-21)26-23(18-7-5-4-6-8-18)12-11-20(25)16(2)14-23/h4-10,13,16,20H,11-12,14H2,1-3H3. The van der Waals surface area contributed by atoms with Gasteiger partial charge in [-0.25, -0.2) is 9.67 Å². The van der Waals surface area contributed by atoms with Crippen LogP contribution in [0.15, 0.2) is 58.0 Å². The van der Waals surface area contributed by atoms with Gasteiger partial charge in [0.1, 0.15) is 5.01 Å². The van der Waals surface area contributed by atoms with E-state index in [0.29, 0.717) is 10.7 Å². The first kappa shape index (κ1) is 21.0. The van der Waals surface area contributed by atoms with Crippen LogP contribution in [0.2, 0.25) is 0 Å². The van der Waals surface area contributed by atoms with Gasteiger partial charge in [0, 0.05) is 21.9 Å². The van der Waals surface area contributed by atoms with E-state index in [0.717, 1.165) is 39.1 Å². The third-order valence-corrected chi connectivity index (χ3v) is 9.14. The Labute approximate surface area is 193 Å². The molecule has 0 aliphatic heterocycles. The van der Waals surface area contributed by atoms with Crippen molar-refractivity contribution in [2.45, 2.75) is 43.5 Å². The normalized spacial score (nSPS) is 25.3. The van der Waals surface area contributed by atoms with E-state index in [1.54, 1.807) is 11.3 Å². The van der Waals surface area contributed by atoms with E-state index in [1.165, 1.54) is 11.1 Å². The average Bonchev–Trinajstić information content (AvgIpc) is 3.08. The van der Waals surface area contributed by atoms with E-state index in [-0.39, 0.29) is 5.54 Å². The zero-order valence-electron chi connectivity index (χ0n) is 16.9. The van der Waals surface area contributed by atoms with Crippen molar-refractivity contribution in [3.8, 4) is 10.6 Å². The first-order chi connectivity index (χ1) is 13.9. The van der Waals surface area contributed by atoms with E-state index in [9.17, 15) is 0 Å². The highest BCUT2D eigenvalue weighted by Gasteiger charge is 2.39. The molecule has 1 aliphatic rings. The molecular weight excluding hydrogens is 510 g/mol. The van der Waals surface area contributed by atoms with Crippen LogP contribution in [-0.2, 0) is 12.6 Å². The third kappa shape index (κ3) is 4.30. The summed E-state index contributed by atoms with van der Waals surface area (Å²) in [5.41, 5.74) is 3.46. The van der Waals surface area contributed by atoms with Crippen LogP contribution in [0.25, 0.3) is 10.6 Å². The average molecular weight is 535 g/mol. The van der Waals surface area contributed by atoms with Crippen LogP contribution in [0, 0.1) is 12.8 Å². The van der Waals surface area contributed by atoms with Crippen molar-refractivity contribution in [3.63, 3.8) is 0 Å². The Hall–Kier alpha value is -1.24. The molecular formula is C23H25Br2N3S. The molecule has 1 fully saturated rings. The van der Waals surface area contributed by atoms with Crippen LogP contribution in [0.4, 0.5) is 0 Å². The second-order valence-electron chi connectivity index (χ2n) is 8.02. The van der Waals surface area contributed by atoms with Crippen molar-refractivity contribution >= 4 is 43.2 Å². The van der Waals surface area contributed by atoms with Gasteiger partial charge in [0.2, 0.25) is 4.80 Å². The van der Waals surface area contributed by atoms with Crippen LogP contribution < -0.4 is 4.80 Å². The first-order valence-corrected chi connectivity index (χ1v) is 12.5. The summed E-state index contributed by atoms with van der Waals surface area (Å²) < 4.78 is 3.06. The molecule has 3 aromatic rings. The van der Waals surface area contributed by atoms with Crippen molar-refractivity contribution in [2.75, 3.05) is 0 Å². The minimum atomic E-state index is -0.192. The predicted molar refractivity (Wildman–Crippen MR) is 128 cm³/mol. The SMILES string of the molecule is Cc1cc(-c2nn(C)c(=NC3(c4ccccc4)CCC(Br)C(C)C3)s2)ccc1Br. The van der Waals surface area contributed by atoms with Gasteiger partial charge >= 0.3 is 0 Å². The molecule has 0 amide bonds. The fourth-order valence-corrected chi connectivity index (χ4v) is 5.76. The molecule has 1 saturated carbocycles. The molecule has 0 bridgehead atoms. The number of aryl methyl sites for hydroxylation is 2. The maximum atomic E-state index is 5.38. The minimum Gasteiger partial charge on any atom is -0.246 e. The van der Waals surface area contributed by atoms with Crippen molar-refractivity contribution in [1.82, 2.24) is 9.78 Å². The Bertz CT molecular complexity index is 1070. The topological polar surface area (TPSA) is 30.2 Å². The number of hydrogen-bond donors (Lipinski definition) is 0. The third-order valence-electron chi connectivity index (χ3n) is 5.84. The molecule has 0 radical (unpaired) electrons. The molecule has 4 rings (SSSR count). The molecule has 1 heterocycles. The van der Waals surface area contributed by atoms with Gasteiger partial charge in [0.05, 0.1) is 5.54 Å². The van der Waals surface area contributed by atoms with Gasteiger partial charge < -0.3 is 0 Å². The number of alkyl halides is 1. The Morgan fingerprint density at radius 3 is 2.66 bits per heavy atom. The molecule has 29 heavy (non-hydrogen) atoms. The number of hydrogen-bond acceptors (Lipinski definition) is 3. The van der Waals surface area contributed by atoms with Crippen LogP contribution in [0.3, 0.4) is 0 Å². The van der Waals surface area contributed by atoms with E-state index in [4.69, 9.17) is 10.1 Å². The molecule has 1 aromatic heterocycles. The predicted octanol–water partition coefficient (Wildman–Crippen LogP) is 6.60. The van der Waals surface area contributed by atoms with E-state index in [1.807, 2.05) is 11.7 Å². The smallest absolute Gasteiger partial charge is 0.204 e. The zero-order chi connectivity index (χ0) is 20.6. The lowest BCUT2D eigenvalue weighted by atomic mass is 9.73. The number of benzene rings is 2. The molecule has 3 unspecified atom stereocenters. The van der Waals surface area contributed by atoms with Crippen LogP contribution >= 0.6 is 43.2 Å². The van der Waals surface area contributed by atoms with E-state index < -0.39 is 0 Å². The fraction of sp³-hybridized carbons (Fsp3) is 0.391. The molecule has 6 heteroatoms. The quantitative estimate of drug-likeness (QED) is 0.348. The Morgan fingerprint density at radius 2 is 1.97 bits per heavy atom. The summed E-state index contributed by atoms with van der Waals surface area (Å²) in [4.78, 5) is 6.92. The van der Waals surface area contributed by atoms with Crippen molar-refractivity contribution in [3.05, 3.63) is 68.9 Å². The molecule has 2 aromatic carbocycles. The van der Waals surface area contributed by atoms with E-state index in [2.05, 4.69) is 94.2 Å². The Kier molecular flexibility index (Phi) is 6.14. The number of rotatable bonds is 3. The molecule has 0 N–H and O–H groups in total. The van der Waals surface area contributed by atoms with Gasteiger partial charge in [-0.15, -0.1) is 0 Å². The molecule has 0 spiro atoms. The second-order valence-corrected chi connectivity index (χ2v) is 11.0. The van der Waals surface area contributed by atoms with E-state index >= 15 is 0 Å².